The van der Waals surface area contributed by atoms with Gasteiger partial charge in [-0.05, 0) is 24.4 Å². The Morgan fingerprint density at radius 1 is 1.28 bits per heavy atom. The van der Waals surface area contributed by atoms with Crippen molar-refractivity contribution in [2.45, 2.75) is 25.9 Å². The van der Waals surface area contributed by atoms with E-state index in [-0.39, 0.29) is 6.61 Å². The topological polar surface area (TPSA) is 35.5 Å². The normalized spacial score (nSPS) is 25.9. The van der Waals surface area contributed by atoms with Crippen LogP contribution in [0, 0.1) is 5.92 Å². The van der Waals surface area contributed by atoms with Gasteiger partial charge in [-0.3, -0.25) is 4.90 Å². The number of benzene rings is 1. The maximum absolute atomic E-state index is 9.21. The van der Waals surface area contributed by atoms with Crippen molar-refractivity contribution in [1.82, 2.24) is 10.2 Å². The van der Waals surface area contributed by atoms with Crippen molar-refractivity contribution >= 4 is 0 Å². The summed E-state index contributed by atoms with van der Waals surface area (Å²) in [4.78, 5) is 2.51. The summed E-state index contributed by atoms with van der Waals surface area (Å²) in [6.07, 6.45) is 0.854. The van der Waals surface area contributed by atoms with Crippen molar-refractivity contribution in [2.75, 3.05) is 26.2 Å². The molecule has 2 unspecified atom stereocenters. The average Bonchev–Trinajstić information content (AvgIpc) is 2.54. The summed E-state index contributed by atoms with van der Waals surface area (Å²) in [5.74, 6) is 0.664. The summed E-state index contributed by atoms with van der Waals surface area (Å²) in [6.45, 7) is 6.70. The summed E-state index contributed by atoms with van der Waals surface area (Å²) >= 11 is 0. The van der Waals surface area contributed by atoms with Crippen LogP contribution in [-0.2, 0) is 6.54 Å². The van der Waals surface area contributed by atoms with Crippen LogP contribution in [0.1, 0.15) is 18.9 Å². The number of rotatable bonds is 4. The Kier molecular flexibility index (Phi) is 5.17. The van der Waals surface area contributed by atoms with Crippen LogP contribution in [0.5, 0.6) is 0 Å². The first kappa shape index (κ1) is 13.5. The Bertz CT molecular complexity index is 342. The van der Waals surface area contributed by atoms with E-state index in [2.05, 4.69) is 47.5 Å². The smallest absolute Gasteiger partial charge is 0.0446 e. The van der Waals surface area contributed by atoms with Crippen LogP contribution in [0.15, 0.2) is 30.3 Å². The van der Waals surface area contributed by atoms with Crippen molar-refractivity contribution in [3.05, 3.63) is 35.9 Å². The van der Waals surface area contributed by atoms with E-state index in [0.29, 0.717) is 12.0 Å². The second kappa shape index (κ2) is 6.88. The molecule has 0 spiro atoms. The number of hydrogen-bond acceptors (Lipinski definition) is 3. The molecule has 1 saturated heterocycles. The van der Waals surface area contributed by atoms with Crippen molar-refractivity contribution in [3.8, 4) is 0 Å². The molecule has 0 aliphatic carbocycles. The molecule has 1 heterocycles. The summed E-state index contributed by atoms with van der Waals surface area (Å²) in [6, 6.07) is 11.0. The van der Waals surface area contributed by atoms with Crippen LogP contribution in [0.4, 0.5) is 0 Å². The fourth-order valence-electron chi connectivity index (χ4n) is 2.68. The fraction of sp³-hybridized carbons (Fsp3) is 0.600. The first-order valence-electron chi connectivity index (χ1n) is 6.89. The van der Waals surface area contributed by atoms with Gasteiger partial charge in [-0.25, -0.2) is 0 Å². The second-order valence-electron chi connectivity index (χ2n) is 5.34. The van der Waals surface area contributed by atoms with Gasteiger partial charge in [-0.1, -0.05) is 37.3 Å². The van der Waals surface area contributed by atoms with E-state index in [9.17, 15) is 5.11 Å². The van der Waals surface area contributed by atoms with Gasteiger partial charge in [-0.2, -0.15) is 0 Å². The Morgan fingerprint density at radius 3 is 2.78 bits per heavy atom. The standard InChI is InChI=1S/C15H24N2O/c1-13-9-16-10-15(7-8-18)17(11-13)12-14-5-3-2-4-6-14/h2-6,13,15-16,18H,7-12H2,1H3. The lowest BCUT2D eigenvalue weighted by atomic mass is 10.1. The van der Waals surface area contributed by atoms with Crippen LogP contribution >= 0.6 is 0 Å². The Hall–Kier alpha value is -0.900. The number of nitrogens with one attached hydrogen (secondary N) is 1. The third kappa shape index (κ3) is 3.80. The van der Waals surface area contributed by atoms with Gasteiger partial charge in [0.15, 0.2) is 0 Å². The van der Waals surface area contributed by atoms with E-state index in [1.807, 2.05) is 0 Å². The average molecular weight is 248 g/mol. The van der Waals surface area contributed by atoms with Gasteiger partial charge in [0.1, 0.15) is 0 Å². The lowest BCUT2D eigenvalue weighted by molar-refractivity contribution is 0.149. The molecule has 0 amide bonds. The quantitative estimate of drug-likeness (QED) is 0.847. The molecular formula is C15H24N2O. The molecule has 3 heteroatoms. The van der Waals surface area contributed by atoms with Crippen molar-refractivity contribution in [2.24, 2.45) is 5.92 Å². The Labute approximate surface area is 110 Å². The molecule has 0 radical (unpaired) electrons. The molecule has 3 nitrogen and oxygen atoms in total. The maximum atomic E-state index is 9.21. The highest BCUT2D eigenvalue weighted by atomic mass is 16.3. The summed E-state index contributed by atoms with van der Waals surface area (Å²) in [7, 11) is 0. The van der Waals surface area contributed by atoms with Crippen LogP contribution in [0.3, 0.4) is 0 Å². The van der Waals surface area contributed by atoms with Gasteiger partial charge >= 0.3 is 0 Å². The minimum Gasteiger partial charge on any atom is -0.396 e. The Morgan fingerprint density at radius 2 is 2.06 bits per heavy atom. The molecule has 0 aromatic heterocycles. The number of nitrogens with zero attached hydrogens (tertiary/aromatic N) is 1. The second-order valence-corrected chi connectivity index (χ2v) is 5.34. The third-order valence-corrected chi connectivity index (χ3v) is 3.63. The highest BCUT2D eigenvalue weighted by molar-refractivity contribution is 5.14. The molecule has 2 atom stereocenters. The predicted octanol–water partition coefficient (Wildman–Crippen LogP) is 1.48. The largest absolute Gasteiger partial charge is 0.396 e. The number of aliphatic hydroxyl groups is 1. The summed E-state index contributed by atoms with van der Waals surface area (Å²) < 4.78 is 0. The van der Waals surface area contributed by atoms with Gasteiger partial charge in [0.05, 0.1) is 0 Å². The molecule has 2 N–H and O–H groups in total. The first-order chi connectivity index (χ1) is 8.79. The lowest BCUT2D eigenvalue weighted by Crippen LogP contribution is -2.40. The van der Waals surface area contributed by atoms with Crippen molar-refractivity contribution in [1.29, 1.82) is 0 Å². The summed E-state index contributed by atoms with van der Waals surface area (Å²) in [5.41, 5.74) is 1.36. The molecule has 2 rings (SSSR count). The molecule has 100 valence electrons. The fourth-order valence-corrected chi connectivity index (χ4v) is 2.68. The maximum Gasteiger partial charge on any atom is 0.0446 e. The minimum atomic E-state index is 0.270. The third-order valence-electron chi connectivity index (χ3n) is 3.63. The van der Waals surface area contributed by atoms with Gasteiger partial charge < -0.3 is 10.4 Å². The SMILES string of the molecule is CC1CNCC(CCO)N(Cc2ccccc2)C1. The lowest BCUT2D eigenvalue weighted by Gasteiger charge is -2.30. The minimum absolute atomic E-state index is 0.270. The molecule has 1 aliphatic heterocycles. The van der Waals surface area contributed by atoms with Crippen molar-refractivity contribution in [3.63, 3.8) is 0 Å². The van der Waals surface area contributed by atoms with Gasteiger partial charge in [0.25, 0.3) is 0 Å². The zero-order chi connectivity index (χ0) is 12.8. The van der Waals surface area contributed by atoms with Crippen LogP contribution in [0.2, 0.25) is 0 Å². The molecule has 0 bridgehead atoms. The van der Waals surface area contributed by atoms with Crippen molar-refractivity contribution < 1.29 is 5.11 Å². The zero-order valence-electron chi connectivity index (χ0n) is 11.2. The Balaban J connectivity index is 2.04. The van der Waals surface area contributed by atoms with Gasteiger partial charge in [0, 0.05) is 32.3 Å². The highest BCUT2D eigenvalue weighted by Gasteiger charge is 2.23. The van der Waals surface area contributed by atoms with Gasteiger partial charge in [-0.15, -0.1) is 0 Å². The first-order valence-corrected chi connectivity index (χ1v) is 6.89. The zero-order valence-corrected chi connectivity index (χ0v) is 11.2. The number of aliphatic hydroxyl groups excluding tert-OH is 1. The molecule has 18 heavy (non-hydrogen) atoms. The van der Waals surface area contributed by atoms with E-state index in [4.69, 9.17) is 0 Å². The van der Waals surface area contributed by atoms with Crippen LogP contribution < -0.4 is 5.32 Å². The van der Waals surface area contributed by atoms with E-state index in [1.54, 1.807) is 0 Å². The summed E-state index contributed by atoms with van der Waals surface area (Å²) in [5, 5.41) is 12.7. The molecule has 1 aliphatic rings. The van der Waals surface area contributed by atoms with Crippen LogP contribution in [0.25, 0.3) is 0 Å². The molecule has 1 aromatic rings. The van der Waals surface area contributed by atoms with E-state index in [0.717, 1.165) is 32.6 Å². The molecule has 1 fully saturated rings. The van der Waals surface area contributed by atoms with Gasteiger partial charge in [0.2, 0.25) is 0 Å². The predicted molar refractivity (Wildman–Crippen MR) is 74.4 cm³/mol. The van der Waals surface area contributed by atoms with E-state index in [1.165, 1.54) is 5.56 Å². The number of hydrogen-bond donors (Lipinski definition) is 2. The molecule has 1 aromatic carbocycles. The van der Waals surface area contributed by atoms with Crippen LogP contribution in [-0.4, -0.2) is 42.3 Å². The van der Waals surface area contributed by atoms with E-state index < -0.39 is 0 Å². The van der Waals surface area contributed by atoms with E-state index >= 15 is 0 Å². The molecular weight excluding hydrogens is 224 g/mol. The monoisotopic (exact) mass is 248 g/mol. The highest BCUT2D eigenvalue weighted by Crippen LogP contribution is 2.15. The molecule has 0 saturated carbocycles.